The Kier molecular flexibility index (Phi) is 5.16. The summed E-state index contributed by atoms with van der Waals surface area (Å²) in [6, 6.07) is 0.348. The highest BCUT2D eigenvalue weighted by Crippen LogP contribution is 2.08. The SMILES string of the molecule is CCC(CO)N1CCN(CCn2ccnc2)CC1. The molecule has 1 saturated heterocycles. The van der Waals surface area contributed by atoms with Crippen LogP contribution in [0.2, 0.25) is 0 Å². The lowest BCUT2D eigenvalue weighted by Crippen LogP contribution is -2.51. The minimum absolute atomic E-state index is 0.283. The summed E-state index contributed by atoms with van der Waals surface area (Å²) in [5.74, 6) is 0. The van der Waals surface area contributed by atoms with Gasteiger partial charge in [-0.25, -0.2) is 4.98 Å². The average Bonchev–Trinajstić information content (AvgIpc) is 2.92. The van der Waals surface area contributed by atoms with Gasteiger partial charge in [-0.3, -0.25) is 9.80 Å². The van der Waals surface area contributed by atoms with Crippen molar-refractivity contribution in [1.29, 1.82) is 0 Å². The molecule has 1 aromatic heterocycles. The van der Waals surface area contributed by atoms with E-state index in [1.54, 1.807) is 0 Å². The number of hydrogen-bond acceptors (Lipinski definition) is 4. The summed E-state index contributed by atoms with van der Waals surface area (Å²) in [6.45, 7) is 8.87. The van der Waals surface area contributed by atoms with Gasteiger partial charge in [-0.1, -0.05) is 6.92 Å². The van der Waals surface area contributed by atoms with Gasteiger partial charge in [-0.05, 0) is 6.42 Å². The van der Waals surface area contributed by atoms with Gasteiger partial charge in [0.1, 0.15) is 0 Å². The number of piperazine rings is 1. The molecule has 1 N–H and O–H groups in total. The Morgan fingerprint density at radius 1 is 1.22 bits per heavy atom. The Morgan fingerprint density at radius 2 is 2.00 bits per heavy atom. The minimum atomic E-state index is 0.283. The van der Waals surface area contributed by atoms with Crippen molar-refractivity contribution in [2.24, 2.45) is 0 Å². The van der Waals surface area contributed by atoms with Crippen molar-refractivity contribution < 1.29 is 5.11 Å². The van der Waals surface area contributed by atoms with E-state index in [2.05, 4.69) is 26.3 Å². The quantitative estimate of drug-likeness (QED) is 0.789. The molecule has 1 aliphatic heterocycles. The van der Waals surface area contributed by atoms with Crippen LogP contribution in [0.1, 0.15) is 13.3 Å². The van der Waals surface area contributed by atoms with E-state index in [4.69, 9.17) is 0 Å². The first-order valence-corrected chi connectivity index (χ1v) is 6.86. The number of nitrogens with zero attached hydrogens (tertiary/aromatic N) is 4. The molecule has 0 aliphatic carbocycles. The largest absolute Gasteiger partial charge is 0.395 e. The molecule has 2 rings (SSSR count). The van der Waals surface area contributed by atoms with Crippen LogP contribution in [0, 0.1) is 0 Å². The maximum absolute atomic E-state index is 9.31. The Morgan fingerprint density at radius 3 is 2.56 bits per heavy atom. The fourth-order valence-corrected chi connectivity index (χ4v) is 2.53. The highest BCUT2D eigenvalue weighted by atomic mass is 16.3. The molecule has 1 unspecified atom stereocenters. The van der Waals surface area contributed by atoms with Crippen LogP contribution >= 0.6 is 0 Å². The number of imidazole rings is 1. The Hall–Kier alpha value is -0.910. The lowest BCUT2D eigenvalue weighted by Gasteiger charge is -2.38. The summed E-state index contributed by atoms with van der Waals surface area (Å²) >= 11 is 0. The third-order valence-electron chi connectivity index (χ3n) is 3.84. The van der Waals surface area contributed by atoms with E-state index >= 15 is 0 Å². The predicted molar refractivity (Wildman–Crippen MR) is 71.4 cm³/mol. The standard InChI is InChI=1S/C13H24N4O/c1-2-13(11-18)17-9-7-15(8-10-17)5-6-16-4-3-14-12-16/h3-4,12-13,18H,2,5-11H2,1H3. The molecule has 0 saturated carbocycles. The normalized spacial score (nSPS) is 20.1. The number of aromatic nitrogens is 2. The van der Waals surface area contributed by atoms with E-state index < -0.39 is 0 Å². The van der Waals surface area contributed by atoms with Gasteiger partial charge in [0.2, 0.25) is 0 Å². The van der Waals surface area contributed by atoms with E-state index in [0.29, 0.717) is 6.04 Å². The summed E-state index contributed by atoms with van der Waals surface area (Å²) in [7, 11) is 0. The molecule has 0 bridgehead atoms. The molecular formula is C13H24N4O. The molecule has 102 valence electrons. The molecule has 1 aromatic rings. The second-order valence-electron chi connectivity index (χ2n) is 4.92. The van der Waals surface area contributed by atoms with E-state index in [1.165, 1.54) is 0 Å². The van der Waals surface area contributed by atoms with Gasteiger partial charge < -0.3 is 9.67 Å². The van der Waals surface area contributed by atoms with Gasteiger partial charge in [0, 0.05) is 57.7 Å². The Bertz CT molecular complexity index is 316. The van der Waals surface area contributed by atoms with Crippen molar-refractivity contribution in [3.8, 4) is 0 Å². The Labute approximate surface area is 109 Å². The van der Waals surface area contributed by atoms with Crippen LogP contribution in [0.15, 0.2) is 18.7 Å². The van der Waals surface area contributed by atoms with Crippen LogP contribution in [0.5, 0.6) is 0 Å². The monoisotopic (exact) mass is 252 g/mol. The van der Waals surface area contributed by atoms with E-state index in [0.717, 1.165) is 45.7 Å². The molecule has 5 heteroatoms. The molecule has 18 heavy (non-hydrogen) atoms. The smallest absolute Gasteiger partial charge is 0.0946 e. The van der Waals surface area contributed by atoms with Gasteiger partial charge in [-0.15, -0.1) is 0 Å². The zero-order valence-electron chi connectivity index (χ0n) is 11.2. The van der Waals surface area contributed by atoms with Crippen LogP contribution in [0.25, 0.3) is 0 Å². The maximum atomic E-state index is 9.31. The van der Waals surface area contributed by atoms with Crippen LogP contribution in [0.4, 0.5) is 0 Å². The zero-order valence-corrected chi connectivity index (χ0v) is 11.2. The first-order chi connectivity index (χ1) is 8.83. The summed E-state index contributed by atoms with van der Waals surface area (Å²) < 4.78 is 2.12. The summed E-state index contributed by atoms with van der Waals surface area (Å²) in [6.07, 6.45) is 6.74. The first kappa shape index (κ1) is 13.5. The van der Waals surface area contributed by atoms with Crippen molar-refractivity contribution in [3.63, 3.8) is 0 Å². The zero-order chi connectivity index (χ0) is 12.8. The van der Waals surface area contributed by atoms with Crippen molar-refractivity contribution in [3.05, 3.63) is 18.7 Å². The van der Waals surface area contributed by atoms with Crippen molar-refractivity contribution in [1.82, 2.24) is 19.4 Å². The highest BCUT2D eigenvalue weighted by Gasteiger charge is 2.21. The summed E-state index contributed by atoms with van der Waals surface area (Å²) in [5.41, 5.74) is 0. The van der Waals surface area contributed by atoms with Crippen molar-refractivity contribution in [2.45, 2.75) is 25.9 Å². The summed E-state index contributed by atoms with van der Waals surface area (Å²) in [4.78, 5) is 8.95. The van der Waals surface area contributed by atoms with E-state index in [1.807, 2.05) is 18.7 Å². The van der Waals surface area contributed by atoms with E-state index in [-0.39, 0.29) is 6.61 Å². The minimum Gasteiger partial charge on any atom is -0.395 e. The highest BCUT2D eigenvalue weighted by molar-refractivity contribution is 4.79. The topological polar surface area (TPSA) is 44.5 Å². The summed E-state index contributed by atoms with van der Waals surface area (Å²) in [5, 5.41) is 9.31. The number of rotatable bonds is 6. The van der Waals surface area contributed by atoms with Crippen LogP contribution < -0.4 is 0 Å². The molecule has 1 atom stereocenters. The molecule has 1 aliphatic rings. The maximum Gasteiger partial charge on any atom is 0.0946 e. The molecular weight excluding hydrogens is 228 g/mol. The van der Waals surface area contributed by atoms with Gasteiger partial charge in [-0.2, -0.15) is 0 Å². The Balaban J connectivity index is 1.70. The molecule has 0 spiro atoms. The molecule has 0 radical (unpaired) electrons. The number of aliphatic hydroxyl groups excluding tert-OH is 1. The molecule has 0 amide bonds. The van der Waals surface area contributed by atoms with Crippen LogP contribution in [0.3, 0.4) is 0 Å². The second kappa shape index (κ2) is 6.87. The second-order valence-corrected chi connectivity index (χ2v) is 4.92. The van der Waals surface area contributed by atoms with Gasteiger partial charge in [0.15, 0.2) is 0 Å². The van der Waals surface area contributed by atoms with Crippen LogP contribution in [-0.2, 0) is 6.54 Å². The predicted octanol–water partition coefficient (Wildman–Crippen LogP) is 0.272. The third-order valence-corrected chi connectivity index (χ3v) is 3.84. The van der Waals surface area contributed by atoms with Gasteiger partial charge >= 0.3 is 0 Å². The number of hydrogen-bond donors (Lipinski definition) is 1. The molecule has 5 nitrogen and oxygen atoms in total. The lowest BCUT2D eigenvalue weighted by atomic mass is 10.1. The van der Waals surface area contributed by atoms with Gasteiger partial charge in [0.05, 0.1) is 12.9 Å². The number of aliphatic hydroxyl groups is 1. The molecule has 1 fully saturated rings. The fraction of sp³-hybridized carbons (Fsp3) is 0.769. The molecule has 2 heterocycles. The first-order valence-electron chi connectivity index (χ1n) is 6.86. The van der Waals surface area contributed by atoms with Crippen LogP contribution in [-0.4, -0.2) is 69.8 Å². The average molecular weight is 252 g/mol. The fourth-order valence-electron chi connectivity index (χ4n) is 2.53. The third kappa shape index (κ3) is 3.54. The lowest BCUT2D eigenvalue weighted by molar-refractivity contribution is 0.0624. The van der Waals surface area contributed by atoms with Crippen molar-refractivity contribution in [2.75, 3.05) is 39.3 Å². The van der Waals surface area contributed by atoms with Crippen molar-refractivity contribution >= 4 is 0 Å². The van der Waals surface area contributed by atoms with E-state index in [9.17, 15) is 5.11 Å². The van der Waals surface area contributed by atoms with Gasteiger partial charge in [0.25, 0.3) is 0 Å². The molecule has 0 aromatic carbocycles.